The summed E-state index contributed by atoms with van der Waals surface area (Å²) in [5.74, 6) is -0.0239. The molecular weight excluding hydrogens is 294 g/mol. The number of benzene rings is 1. The van der Waals surface area contributed by atoms with Crippen LogP contribution in [-0.4, -0.2) is 24.3 Å². The summed E-state index contributed by atoms with van der Waals surface area (Å²) >= 11 is 5.80. The molecule has 2 rings (SSSR count). The summed E-state index contributed by atoms with van der Waals surface area (Å²) in [6, 6.07) is 8.03. The number of pyridine rings is 1. The van der Waals surface area contributed by atoms with Crippen molar-refractivity contribution in [1.82, 2.24) is 4.98 Å². The molecule has 0 aliphatic rings. The second-order valence-electron chi connectivity index (χ2n) is 4.12. The van der Waals surface area contributed by atoms with E-state index in [1.807, 2.05) is 0 Å². The molecule has 0 aliphatic heterocycles. The normalized spacial score (nSPS) is 10.0. The number of halogens is 1. The smallest absolute Gasteiger partial charge is 0.339 e. The van der Waals surface area contributed by atoms with Gasteiger partial charge in [0.15, 0.2) is 6.29 Å². The Bertz CT molecular complexity index is 655. The van der Waals surface area contributed by atoms with Gasteiger partial charge in [-0.2, -0.15) is 0 Å². The number of aldehydes is 1. The molecule has 21 heavy (non-hydrogen) atoms. The number of hydrogen-bond acceptors (Lipinski definition) is 5. The third-order valence-corrected chi connectivity index (χ3v) is 2.96. The molecule has 0 atom stereocenters. The summed E-state index contributed by atoms with van der Waals surface area (Å²) in [6.45, 7) is 0.171. The van der Waals surface area contributed by atoms with E-state index in [2.05, 4.69) is 9.72 Å². The van der Waals surface area contributed by atoms with E-state index in [1.165, 1.54) is 19.4 Å². The summed E-state index contributed by atoms with van der Waals surface area (Å²) in [6.07, 6.45) is 2.09. The molecule has 0 bridgehead atoms. The predicted molar refractivity (Wildman–Crippen MR) is 76.7 cm³/mol. The number of nitrogens with zero attached hydrogens (tertiary/aromatic N) is 1. The molecule has 0 amide bonds. The molecule has 0 radical (unpaired) electrons. The van der Waals surface area contributed by atoms with Crippen molar-refractivity contribution in [3.63, 3.8) is 0 Å². The highest BCUT2D eigenvalue weighted by atomic mass is 35.5. The van der Waals surface area contributed by atoms with Crippen molar-refractivity contribution < 1.29 is 19.1 Å². The van der Waals surface area contributed by atoms with Gasteiger partial charge in [-0.1, -0.05) is 11.6 Å². The van der Waals surface area contributed by atoms with Crippen molar-refractivity contribution in [3.05, 3.63) is 58.4 Å². The SMILES string of the molecule is COC(=O)c1ccc(COc2ccc(Cl)cc2C=O)nc1. The maximum Gasteiger partial charge on any atom is 0.339 e. The highest BCUT2D eigenvalue weighted by molar-refractivity contribution is 6.30. The van der Waals surface area contributed by atoms with Crippen LogP contribution in [0.1, 0.15) is 26.4 Å². The molecule has 5 nitrogen and oxygen atoms in total. The highest BCUT2D eigenvalue weighted by Crippen LogP contribution is 2.22. The van der Waals surface area contributed by atoms with E-state index < -0.39 is 5.97 Å². The van der Waals surface area contributed by atoms with E-state index in [1.54, 1.807) is 24.3 Å². The Hall–Kier alpha value is -2.40. The number of ether oxygens (including phenoxy) is 2. The highest BCUT2D eigenvalue weighted by Gasteiger charge is 2.07. The van der Waals surface area contributed by atoms with E-state index in [9.17, 15) is 9.59 Å². The summed E-state index contributed by atoms with van der Waals surface area (Å²) in [4.78, 5) is 26.3. The van der Waals surface area contributed by atoms with Crippen LogP contribution in [-0.2, 0) is 11.3 Å². The van der Waals surface area contributed by atoms with Crippen molar-refractivity contribution in [2.24, 2.45) is 0 Å². The van der Waals surface area contributed by atoms with E-state index in [0.29, 0.717) is 33.9 Å². The van der Waals surface area contributed by atoms with Crippen LogP contribution >= 0.6 is 11.6 Å². The average molecular weight is 306 g/mol. The fourth-order valence-corrected chi connectivity index (χ4v) is 1.82. The lowest BCUT2D eigenvalue weighted by Gasteiger charge is -2.08. The Labute approximate surface area is 126 Å². The predicted octanol–water partition coefficient (Wildman–Crippen LogP) is 2.91. The van der Waals surface area contributed by atoms with Crippen LogP contribution in [0.25, 0.3) is 0 Å². The fourth-order valence-electron chi connectivity index (χ4n) is 1.64. The zero-order chi connectivity index (χ0) is 15.2. The first kappa shape index (κ1) is 15.0. The number of rotatable bonds is 5. The van der Waals surface area contributed by atoms with Gasteiger partial charge in [-0.05, 0) is 30.3 Å². The van der Waals surface area contributed by atoms with Crippen LogP contribution in [0.15, 0.2) is 36.5 Å². The minimum absolute atomic E-state index is 0.171. The van der Waals surface area contributed by atoms with E-state index in [4.69, 9.17) is 16.3 Å². The molecule has 2 aromatic rings. The number of esters is 1. The van der Waals surface area contributed by atoms with Gasteiger partial charge in [0.25, 0.3) is 0 Å². The molecule has 0 N–H and O–H groups in total. The van der Waals surface area contributed by atoms with E-state index >= 15 is 0 Å². The number of aromatic nitrogens is 1. The molecule has 108 valence electrons. The van der Waals surface area contributed by atoms with Gasteiger partial charge in [0, 0.05) is 11.2 Å². The second-order valence-corrected chi connectivity index (χ2v) is 4.55. The maximum atomic E-state index is 11.3. The van der Waals surface area contributed by atoms with Crippen molar-refractivity contribution >= 4 is 23.9 Å². The Morgan fingerprint density at radius 2 is 2.14 bits per heavy atom. The van der Waals surface area contributed by atoms with Gasteiger partial charge in [-0.25, -0.2) is 4.79 Å². The molecule has 1 heterocycles. The Balaban J connectivity index is 2.06. The van der Waals surface area contributed by atoms with Crippen LogP contribution in [0.3, 0.4) is 0 Å². The minimum Gasteiger partial charge on any atom is -0.487 e. The Morgan fingerprint density at radius 3 is 2.76 bits per heavy atom. The van der Waals surface area contributed by atoms with Crippen molar-refractivity contribution in [1.29, 1.82) is 0 Å². The lowest BCUT2D eigenvalue weighted by atomic mass is 10.2. The van der Waals surface area contributed by atoms with Gasteiger partial charge >= 0.3 is 5.97 Å². The molecule has 0 fully saturated rings. The van der Waals surface area contributed by atoms with Crippen molar-refractivity contribution in [2.75, 3.05) is 7.11 Å². The van der Waals surface area contributed by atoms with Crippen molar-refractivity contribution in [2.45, 2.75) is 6.61 Å². The third-order valence-electron chi connectivity index (χ3n) is 2.72. The molecule has 1 aromatic carbocycles. The largest absolute Gasteiger partial charge is 0.487 e. The quantitative estimate of drug-likeness (QED) is 0.627. The number of carbonyl (C=O) groups excluding carboxylic acids is 2. The second kappa shape index (κ2) is 6.85. The summed E-state index contributed by atoms with van der Waals surface area (Å²) in [5, 5.41) is 0.463. The molecule has 0 saturated carbocycles. The third kappa shape index (κ3) is 3.79. The standard InChI is InChI=1S/C15H12ClNO4/c1-20-15(19)10-2-4-13(17-7-10)9-21-14-5-3-12(16)6-11(14)8-18/h2-8H,9H2,1H3. The van der Waals surface area contributed by atoms with E-state index in [-0.39, 0.29) is 6.61 Å². The average Bonchev–Trinajstić information content (AvgIpc) is 2.53. The number of hydrogen-bond donors (Lipinski definition) is 0. The number of methoxy groups -OCH3 is 1. The van der Waals surface area contributed by atoms with Crippen molar-refractivity contribution in [3.8, 4) is 5.75 Å². The minimum atomic E-state index is -0.448. The molecule has 0 spiro atoms. The van der Waals surface area contributed by atoms with Crippen LogP contribution in [0.4, 0.5) is 0 Å². The first-order valence-electron chi connectivity index (χ1n) is 6.05. The van der Waals surface area contributed by atoms with Gasteiger partial charge in [-0.15, -0.1) is 0 Å². The van der Waals surface area contributed by atoms with Gasteiger partial charge < -0.3 is 9.47 Å². The topological polar surface area (TPSA) is 65.5 Å². The monoisotopic (exact) mass is 305 g/mol. The van der Waals surface area contributed by atoms with Crippen LogP contribution in [0.2, 0.25) is 5.02 Å². The summed E-state index contributed by atoms with van der Waals surface area (Å²) in [5.41, 5.74) is 1.35. The lowest BCUT2D eigenvalue weighted by Crippen LogP contribution is -2.04. The van der Waals surface area contributed by atoms with Crippen LogP contribution < -0.4 is 4.74 Å². The number of carbonyl (C=O) groups is 2. The van der Waals surface area contributed by atoms with Crippen LogP contribution in [0, 0.1) is 0 Å². The van der Waals surface area contributed by atoms with Gasteiger partial charge in [-0.3, -0.25) is 9.78 Å². The van der Waals surface area contributed by atoms with Gasteiger partial charge in [0.1, 0.15) is 12.4 Å². The molecule has 1 aromatic heterocycles. The molecule has 0 aliphatic carbocycles. The van der Waals surface area contributed by atoms with Crippen LogP contribution in [0.5, 0.6) is 5.75 Å². The first-order valence-corrected chi connectivity index (χ1v) is 6.42. The Morgan fingerprint density at radius 1 is 1.33 bits per heavy atom. The van der Waals surface area contributed by atoms with E-state index in [0.717, 1.165) is 0 Å². The molecular formula is C15H12ClNO4. The fraction of sp³-hybridized carbons (Fsp3) is 0.133. The first-order chi connectivity index (χ1) is 10.1. The van der Waals surface area contributed by atoms with Gasteiger partial charge in [0.05, 0.1) is 23.9 Å². The molecule has 0 unspecified atom stereocenters. The lowest BCUT2D eigenvalue weighted by molar-refractivity contribution is 0.0600. The zero-order valence-electron chi connectivity index (χ0n) is 11.2. The Kier molecular flexibility index (Phi) is 4.90. The zero-order valence-corrected chi connectivity index (χ0v) is 12.0. The summed E-state index contributed by atoms with van der Waals surface area (Å²) in [7, 11) is 1.31. The summed E-state index contributed by atoms with van der Waals surface area (Å²) < 4.78 is 10.1. The maximum absolute atomic E-state index is 11.3. The van der Waals surface area contributed by atoms with Gasteiger partial charge in [0.2, 0.25) is 0 Å². The molecule has 6 heteroatoms. The molecule has 0 saturated heterocycles.